The van der Waals surface area contributed by atoms with Gasteiger partial charge in [-0.2, -0.15) is 0 Å². The van der Waals surface area contributed by atoms with E-state index >= 15 is 0 Å². The van der Waals surface area contributed by atoms with Crippen LogP contribution in [0.15, 0.2) is 24.3 Å². The highest BCUT2D eigenvalue weighted by atomic mass is 35.5. The van der Waals surface area contributed by atoms with Crippen molar-refractivity contribution < 1.29 is 13.9 Å². The summed E-state index contributed by atoms with van der Waals surface area (Å²) in [5, 5.41) is -1.56. The van der Waals surface area contributed by atoms with Crippen LogP contribution in [0.3, 0.4) is 0 Å². The minimum atomic E-state index is -0.887. The van der Waals surface area contributed by atoms with E-state index in [-0.39, 0.29) is 12.4 Å². The molecule has 0 saturated carbocycles. The van der Waals surface area contributed by atoms with Gasteiger partial charge < -0.3 is 4.74 Å². The van der Waals surface area contributed by atoms with Crippen LogP contribution in [0.4, 0.5) is 4.39 Å². The first-order chi connectivity index (χ1) is 6.59. The van der Waals surface area contributed by atoms with Crippen LogP contribution in [0.5, 0.6) is 5.75 Å². The number of carbonyl (C=O) groups is 1. The van der Waals surface area contributed by atoms with E-state index in [1.165, 1.54) is 24.3 Å². The van der Waals surface area contributed by atoms with Crippen molar-refractivity contribution in [3.8, 4) is 5.75 Å². The number of alkyl halides is 1. The number of ether oxygens (including phenoxy) is 1. The van der Waals surface area contributed by atoms with Crippen LogP contribution < -0.4 is 4.74 Å². The van der Waals surface area contributed by atoms with Gasteiger partial charge in [-0.1, -0.05) is 0 Å². The Hall–Kier alpha value is -0.800. The molecule has 2 nitrogen and oxygen atoms in total. The van der Waals surface area contributed by atoms with E-state index in [4.69, 9.17) is 27.9 Å². The molecule has 0 aliphatic rings. The van der Waals surface area contributed by atoms with Gasteiger partial charge in [0, 0.05) is 0 Å². The van der Waals surface area contributed by atoms with E-state index in [9.17, 15) is 9.18 Å². The molecule has 1 aromatic rings. The summed E-state index contributed by atoms with van der Waals surface area (Å²) in [5.74, 6) is 0.0863. The van der Waals surface area contributed by atoms with Crippen molar-refractivity contribution in [1.82, 2.24) is 0 Å². The molecule has 0 amide bonds. The Morgan fingerprint density at radius 3 is 2.50 bits per heavy atom. The third-order valence-electron chi connectivity index (χ3n) is 1.46. The molecule has 1 rings (SSSR count). The number of benzene rings is 1. The minimum Gasteiger partial charge on any atom is -0.492 e. The topological polar surface area (TPSA) is 26.3 Å². The van der Waals surface area contributed by atoms with E-state index in [0.717, 1.165) is 0 Å². The van der Waals surface area contributed by atoms with Crippen molar-refractivity contribution in [2.45, 2.75) is 5.38 Å². The summed E-state index contributed by atoms with van der Waals surface area (Å²) >= 11 is 10.6. The van der Waals surface area contributed by atoms with Gasteiger partial charge in [0.2, 0.25) is 5.24 Å². The monoisotopic (exact) mass is 236 g/mol. The maximum atomic E-state index is 12.5. The highest BCUT2D eigenvalue weighted by Gasteiger charge is 2.12. The lowest BCUT2D eigenvalue weighted by Gasteiger charge is -2.07. The van der Waals surface area contributed by atoms with Crippen molar-refractivity contribution in [3.63, 3.8) is 0 Å². The molecule has 1 aromatic carbocycles. The molecule has 5 heteroatoms. The predicted octanol–water partition coefficient (Wildman–Crippen LogP) is 2.58. The van der Waals surface area contributed by atoms with Crippen molar-refractivity contribution in [2.75, 3.05) is 6.61 Å². The second-order valence-electron chi connectivity index (χ2n) is 2.54. The first kappa shape index (κ1) is 11.3. The predicted molar refractivity (Wildman–Crippen MR) is 52.4 cm³/mol. The van der Waals surface area contributed by atoms with Gasteiger partial charge in [0.05, 0.1) is 0 Å². The number of rotatable bonds is 4. The van der Waals surface area contributed by atoms with Gasteiger partial charge in [-0.3, -0.25) is 4.79 Å². The number of carbonyl (C=O) groups excluding carboxylic acids is 1. The first-order valence-electron chi connectivity index (χ1n) is 3.81. The van der Waals surface area contributed by atoms with Crippen LogP contribution in [0.2, 0.25) is 0 Å². The molecule has 14 heavy (non-hydrogen) atoms. The molecule has 0 aliphatic heterocycles. The number of halogens is 3. The van der Waals surface area contributed by atoms with E-state index in [0.29, 0.717) is 5.75 Å². The Labute approximate surface area is 90.6 Å². The molecule has 0 fully saturated rings. The zero-order valence-electron chi connectivity index (χ0n) is 7.04. The van der Waals surface area contributed by atoms with Gasteiger partial charge in [-0.05, 0) is 35.9 Å². The molecule has 1 unspecified atom stereocenters. The van der Waals surface area contributed by atoms with Gasteiger partial charge in [0.25, 0.3) is 0 Å². The summed E-state index contributed by atoms with van der Waals surface area (Å²) < 4.78 is 17.5. The SMILES string of the molecule is O=C(Cl)C(Cl)COc1ccc(F)cc1. The molecular formula is C9H7Cl2FO2. The van der Waals surface area contributed by atoms with Crippen LogP contribution in [0, 0.1) is 5.82 Å². The van der Waals surface area contributed by atoms with Crippen molar-refractivity contribution in [3.05, 3.63) is 30.1 Å². The Morgan fingerprint density at radius 1 is 1.43 bits per heavy atom. The Kier molecular flexibility index (Phi) is 4.17. The lowest BCUT2D eigenvalue weighted by molar-refractivity contribution is -0.111. The highest BCUT2D eigenvalue weighted by Crippen LogP contribution is 2.12. The largest absolute Gasteiger partial charge is 0.492 e. The van der Waals surface area contributed by atoms with Crippen molar-refractivity contribution in [2.24, 2.45) is 0 Å². The van der Waals surface area contributed by atoms with Crippen LogP contribution in [0.25, 0.3) is 0 Å². The van der Waals surface area contributed by atoms with Gasteiger partial charge in [-0.15, -0.1) is 11.6 Å². The average molecular weight is 237 g/mol. The summed E-state index contributed by atoms with van der Waals surface area (Å²) in [6.45, 7) is -0.0322. The molecule has 76 valence electrons. The zero-order chi connectivity index (χ0) is 10.6. The minimum absolute atomic E-state index is 0.0322. The third-order valence-corrected chi connectivity index (χ3v) is 2.16. The zero-order valence-corrected chi connectivity index (χ0v) is 8.56. The second-order valence-corrected chi connectivity index (χ2v) is 3.44. The van der Waals surface area contributed by atoms with Crippen LogP contribution >= 0.6 is 23.2 Å². The normalized spacial score (nSPS) is 12.2. The van der Waals surface area contributed by atoms with Crippen molar-refractivity contribution in [1.29, 1.82) is 0 Å². The second kappa shape index (κ2) is 5.17. The van der Waals surface area contributed by atoms with Crippen LogP contribution in [-0.2, 0) is 4.79 Å². The molecule has 0 bridgehead atoms. The fourth-order valence-electron chi connectivity index (χ4n) is 0.766. The quantitative estimate of drug-likeness (QED) is 0.594. The van der Waals surface area contributed by atoms with E-state index in [1.807, 2.05) is 0 Å². The van der Waals surface area contributed by atoms with E-state index < -0.39 is 10.6 Å². The highest BCUT2D eigenvalue weighted by molar-refractivity contribution is 6.69. The van der Waals surface area contributed by atoms with E-state index in [1.54, 1.807) is 0 Å². The van der Waals surface area contributed by atoms with Gasteiger partial charge in [0.15, 0.2) is 0 Å². The fraction of sp³-hybridized carbons (Fsp3) is 0.222. The van der Waals surface area contributed by atoms with Crippen LogP contribution in [0.1, 0.15) is 0 Å². The van der Waals surface area contributed by atoms with Crippen LogP contribution in [-0.4, -0.2) is 17.2 Å². The standard InChI is InChI=1S/C9H7Cl2FO2/c10-8(9(11)13)5-14-7-3-1-6(12)2-4-7/h1-4,8H,5H2. The molecule has 0 aliphatic carbocycles. The Bertz CT molecular complexity index is 313. The summed E-state index contributed by atoms with van der Waals surface area (Å²) in [4.78, 5) is 10.5. The molecule has 1 atom stereocenters. The number of hydrogen-bond acceptors (Lipinski definition) is 2. The molecule has 0 spiro atoms. The molecule has 0 N–H and O–H groups in total. The molecular weight excluding hydrogens is 230 g/mol. The average Bonchev–Trinajstić information content (AvgIpc) is 2.16. The van der Waals surface area contributed by atoms with Crippen molar-refractivity contribution >= 4 is 28.4 Å². The molecule has 0 radical (unpaired) electrons. The maximum absolute atomic E-state index is 12.5. The molecule has 0 aromatic heterocycles. The summed E-state index contributed by atoms with van der Waals surface area (Å²) in [5.41, 5.74) is 0. The van der Waals surface area contributed by atoms with Gasteiger partial charge in [0.1, 0.15) is 23.6 Å². The lowest BCUT2D eigenvalue weighted by Crippen LogP contribution is -2.17. The number of hydrogen-bond donors (Lipinski definition) is 0. The smallest absolute Gasteiger partial charge is 0.243 e. The molecule has 0 heterocycles. The van der Waals surface area contributed by atoms with E-state index in [2.05, 4.69) is 0 Å². The third kappa shape index (κ3) is 3.52. The summed E-state index contributed by atoms with van der Waals surface area (Å²) in [6, 6.07) is 5.39. The summed E-state index contributed by atoms with van der Waals surface area (Å²) in [6.07, 6.45) is 0. The Morgan fingerprint density at radius 2 is 2.00 bits per heavy atom. The fourth-order valence-corrected chi connectivity index (χ4v) is 0.892. The maximum Gasteiger partial charge on any atom is 0.243 e. The molecule has 0 saturated heterocycles. The summed E-state index contributed by atoms with van der Waals surface area (Å²) in [7, 11) is 0. The van der Waals surface area contributed by atoms with Gasteiger partial charge in [-0.25, -0.2) is 4.39 Å². The first-order valence-corrected chi connectivity index (χ1v) is 4.63. The van der Waals surface area contributed by atoms with Gasteiger partial charge >= 0.3 is 0 Å². The Balaban J connectivity index is 2.46. The lowest BCUT2D eigenvalue weighted by atomic mass is 10.3.